The van der Waals surface area contributed by atoms with Crippen LogP contribution in [-0.4, -0.2) is 0 Å². The second kappa shape index (κ2) is 6.95. The van der Waals surface area contributed by atoms with E-state index < -0.39 is 11.6 Å². The number of rotatable bonds is 0. The van der Waals surface area contributed by atoms with Crippen LogP contribution in [0.25, 0.3) is 52.5 Å². The summed E-state index contributed by atoms with van der Waals surface area (Å²) < 4.78 is 30.0. The topological polar surface area (TPSA) is 56.3 Å². The molecule has 6 rings (SSSR count). The highest BCUT2D eigenvalue weighted by Gasteiger charge is 2.37. The molecule has 0 bridgehead atoms. The molecule has 8 heteroatoms. The lowest BCUT2D eigenvalue weighted by Crippen LogP contribution is -1.86. The molecule has 0 N–H and O–H groups in total. The predicted molar refractivity (Wildman–Crippen MR) is 127 cm³/mol. The lowest BCUT2D eigenvalue weighted by atomic mass is 10.0. The van der Waals surface area contributed by atoms with Crippen LogP contribution in [-0.2, 0) is 0 Å². The molecule has 2 heterocycles. The van der Waals surface area contributed by atoms with Gasteiger partial charge in [-0.15, -0.1) is 22.7 Å². The van der Waals surface area contributed by atoms with E-state index in [4.69, 9.17) is 13.1 Å². The third-order valence-electron chi connectivity index (χ3n) is 5.93. The van der Waals surface area contributed by atoms with E-state index in [1.165, 1.54) is 46.9 Å². The van der Waals surface area contributed by atoms with Crippen molar-refractivity contribution >= 4 is 43.2 Å². The van der Waals surface area contributed by atoms with Gasteiger partial charge in [-0.05, 0) is 46.5 Å². The minimum Gasteiger partial charge on any atom is -0.226 e. The molecule has 4 aromatic rings. The van der Waals surface area contributed by atoms with E-state index in [0.29, 0.717) is 32.0 Å². The fourth-order valence-corrected chi connectivity index (χ4v) is 7.70. The summed E-state index contributed by atoms with van der Waals surface area (Å²) >= 11 is 2.77. The van der Waals surface area contributed by atoms with Crippen molar-refractivity contribution in [3.05, 3.63) is 103 Å². The van der Waals surface area contributed by atoms with Gasteiger partial charge in [0, 0.05) is 32.0 Å². The largest absolute Gasteiger partial charge is 0.271 e. The van der Waals surface area contributed by atoms with Gasteiger partial charge in [0.05, 0.1) is 34.7 Å². The Hall–Kier alpha value is -4.60. The SMILES string of the molecule is [C-]#[N+]/C(C#N)=C1/c2cc(F)ccc2-c2c1sc1c3c(sc21)/C(=C(\C#N)[N+]#[C-])c1cc(F)ccc1-3. The van der Waals surface area contributed by atoms with Crippen molar-refractivity contribution in [3.63, 3.8) is 0 Å². The fraction of sp³-hybridized carbons (Fsp3) is 0. The van der Waals surface area contributed by atoms with Gasteiger partial charge in [-0.3, -0.25) is 0 Å². The molecule has 4 nitrogen and oxygen atoms in total. The monoisotopic (exact) mass is 476 g/mol. The lowest BCUT2D eigenvalue weighted by Gasteiger charge is -2.04. The first-order chi connectivity index (χ1) is 16.5. The molecule has 0 radical (unpaired) electrons. The van der Waals surface area contributed by atoms with Crippen LogP contribution in [0, 0.1) is 47.4 Å². The Bertz CT molecular complexity index is 1710. The number of hydrogen-bond donors (Lipinski definition) is 0. The number of benzene rings is 2. The number of allylic oxidation sites excluding steroid dienone is 2. The van der Waals surface area contributed by atoms with Crippen LogP contribution in [0.2, 0.25) is 0 Å². The van der Waals surface area contributed by atoms with E-state index in [9.17, 15) is 19.3 Å². The maximum absolute atomic E-state index is 14.1. The first kappa shape index (κ1) is 20.0. The molecule has 34 heavy (non-hydrogen) atoms. The first-order valence-corrected chi connectivity index (χ1v) is 11.4. The molecule has 0 atom stereocenters. The fourth-order valence-electron chi connectivity index (χ4n) is 4.65. The van der Waals surface area contributed by atoms with Crippen molar-refractivity contribution in [2.45, 2.75) is 0 Å². The Labute approximate surface area is 199 Å². The van der Waals surface area contributed by atoms with Gasteiger partial charge in [-0.1, -0.05) is 12.1 Å². The van der Waals surface area contributed by atoms with Crippen LogP contribution < -0.4 is 0 Å². The van der Waals surface area contributed by atoms with Crippen molar-refractivity contribution < 1.29 is 8.78 Å². The van der Waals surface area contributed by atoms with E-state index in [0.717, 1.165) is 31.7 Å². The summed E-state index contributed by atoms with van der Waals surface area (Å²) in [5.41, 5.74) is 4.68. The van der Waals surface area contributed by atoms with E-state index in [-0.39, 0.29) is 11.4 Å². The molecule has 2 aromatic heterocycles. The molecule has 0 unspecified atom stereocenters. The summed E-state index contributed by atoms with van der Waals surface area (Å²) in [6, 6.07) is 12.5. The molecule has 0 amide bonds. The Morgan fingerprint density at radius 2 is 1.12 bits per heavy atom. The number of thiophene rings is 2. The highest BCUT2D eigenvalue weighted by atomic mass is 32.1. The zero-order valence-corrected chi connectivity index (χ0v) is 18.5. The molecule has 0 fully saturated rings. The minimum atomic E-state index is -0.463. The highest BCUT2D eigenvalue weighted by Crippen LogP contribution is 2.61. The summed E-state index contributed by atoms with van der Waals surface area (Å²) in [7, 11) is 0. The zero-order valence-electron chi connectivity index (χ0n) is 16.8. The summed E-state index contributed by atoms with van der Waals surface area (Å²) in [6.07, 6.45) is 0. The Morgan fingerprint density at radius 3 is 1.47 bits per heavy atom. The number of nitriles is 2. The van der Waals surface area contributed by atoms with Crippen molar-refractivity contribution in [3.8, 4) is 34.4 Å². The molecular formula is C26H6F2N4S2. The normalized spacial score (nSPS) is 15.4. The molecule has 2 aliphatic carbocycles. The van der Waals surface area contributed by atoms with E-state index in [2.05, 4.69) is 9.69 Å². The third-order valence-corrected chi connectivity index (χ3v) is 8.51. The molecule has 0 aliphatic heterocycles. The van der Waals surface area contributed by atoms with Gasteiger partial charge in [0.2, 0.25) is 0 Å². The quantitative estimate of drug-likeness (QED) is 0.167. The molecule has 0 spiro atoms. The Kier molecular flexibility index (Phi) is 4.09. The molecule has 0 saturated carbocycles. The molecule has 0 saturated heterocycles. The van der Waals surface area contributed by atoms with Crippen molar-refractivity contribution in [1.82, 2.24) is 0 Å². The van der Waals surface area contributed by atoms with Gasteiger partial charge >= 0.3 is 0 Å². The van der Waals surface area contributed by atoms with Crippen LogP contribution in [0.5, 0.6) is 0 Å². The van der Waals surface area contributed by atoms with Gasteiger partial charge in [-0.25, -0.2) is 29.0 Å². The molecule has 2 aromatic carbocycles. The highest BCUT2D eigenvalue weighted by molar-refractivity contribution is 7.31. The number of hydrogen-bond acceptors (Lipinski definition) is 4. The average Bonchev–Trinajstić information content (AvgIpc) is 3.52. The van der Waals surface area contributed by atoms with Crippen LogP contribution >= 0.6 is 22.7 Å². The van der Waals surface area contributed by atoms with Gasteiger partial charge < -0.3 is 0 Å². The van der Waals surface area contributed by atoms with Crippen LogP contribution in [0.4, 0.5) is 8.78 Å². The van der Waals surface area contributed by atoms with E-state index in [1.54, 1.807) is 12.1 Å². The zero-order chi connectivity index (χ0) is 23.7. The van der Waals surface area contributed by atoms with Crippen LogP contribution in [0.3, 0.4) is 0 Å². The number of fused-ring (bicyclic) bond motifs is 9. The smallest absolute Gasteiger partial charge is 0.226 e. The Balaban J connectivity index is 1.78. The summed E-state index contributed by atoms with van der Waals surface area (Å²) in [6.45, 7) is 14.9. The molecular weight excluding hydrogens is 470 g/mol. The van der Waals surface area contributed by atoms with Crippen molar-refractivity contribution in [2.75, 3.05) is 0 Å². The van der Waals surface area contributed by atoms with Gasteiger partial charge in [0.1, 0.15) is 11.6 Å². The van der Waals surface area contributed by atoms with Gasteiger partial charge in [0.25, 0.3) is 11.4 Å². The van der Waals surface area contributed by atoms with Crippen molar-refractivity contribution in [2.24, 2.45) is 0 Å². The molecule has 2 aliphatic rings. The van der Waals surface area contributed by atoms with E-state index >= 15 is 0 Å². The predicted octanol–water partition coefficient (Wildman–Crippen LogP) is 7.61. The number of nitrogens with zero attached hydrogens (tertiary/aromatic N) is 4. The standard InChI is InChI=1S/C26H6F2N4S2/c1-31-17(9-29)19-15-7-11(27)3-5-13(15)21-23(19)33-26-22-14-6-4-12(28)8-16(14)20(18(10-30)32-2)24(22)34-25(21)26/h3-8H/b19-17-,20-18+. The maximum Gasteiger partial charge on any atom is 0.271 e. The third kappa shape index (κ3) is 2.39. The van der Waals surface area contributed by atoms with Crippen LogP contribution in [0.15, 0.2) is 47.8 Å². The summed E-state index contributed by atoms with van der Waals surface area (Å²) in [5, 5.41) is 19.2. The maximum atomic E-state index is 14.1. The summed E-state index contributed by atoms with van der Waals surface area (Å²) in [4.78, 5) is 8.19. The first-order valence-electron chi connectivity index (χ1n) is 9.76. The second-order valence-electron chi connectivity index (χ2n) is 7.54. The minimum absolute atomic E-state index is 0.112. The number of halogens is 2. The summed E-state index contributed by atoms with van der Waals surface area (Å²) in [5.74, 6) is -0.925. The average molecular weight is 476 g/mol. The molecule has 156 valence electrons. The van der Waals surface area contributed by atoms with Gasteiger partial charge in [-0.2, -0.15) is 0 Å². The van der Waals surface area contributed by atoms with E-state index in [1.807, 2.05) is 12.1 Å². The Morgan fingerprint density at radius 1 is 0.706 bits per heavy atom. The van der Waals surface area contributed by atoms with Gasteiger partial charge in [0.15, 0.2) is 0 Å². The lowest BCUT2D eigenvalue weighted by molar-refractivity contribution is 0.627. The van der Waals surface area contributed by atoms with Crippen LogP contribution in [0.1, 0.15) is 20.9 Å². The van der Waals surface area contributed by atoms with Crippen molar-refractivity contribution in [1.29, 1.82) is 10.5 Å². The second-order valence-corrected chi connectivity index (χ2v) is 9.59.